The Bertz CT molecular complexity index is 1090. The predicted molar refractivity (Wildman–Crippen MR) is 131 cm³/mol. The SMILES string of the molecule is COC(=O)C1=C(O)[C@H](C(=O)OC)[C@H](c2ccc(C)cc2)N(C[C@@H]2CCCO2)[C@@H]1c1ccc(C)cc1. The molecule has 186 valence electrons. The van der Waals surface area contributed by atoms with Gasteiger partial charge in [0.05, 0.1) is 38.0 Å². The van der Waals surface area contributed by atoms with Crippen LogP contribution < -0.4 is 0 Å². The zero-order valence-electron chi connectivity index (χ0n) is 20.7. The molecule has 2 aliphatic heterocycles. The molecule has 1 fully saturated rings. The van der Waals surface area contributed by atoms with Crippen molar-refractivity contribution in [2.45, 2.75) is 44.9 Å². The number of aryl methyl sites for hydroxylation is 2. The highest BCUT2D eigenvalue weighted by Crippen LogP contribution is 2.48. The Morgan fingerprint density at radius 1 is 0.971 bits per heavy atom. The molecule has 0 bridgehead atoms. The molecule has 0 spiro atoms. The van der Waals surface area contributed by atoms with Crippen molar-refractivity contribution in [1.29, 1.82) is 0 Å². The van der Waals surface area contributed by atoms with Gasteiger partial charge in [-0.25, -0.2) is 4.79 Å². The van der Waals surface area contributed by atoms with E-state index in [2.05, 4.69) is 4.90 Å². The summed E-state index contributed by atoms with van der Waals surface area (Å²) >= 11 is 0. The highest BCUT2D eigenvalue weighted by Gasteiger charge is 2.50. The first-order chi connectivity index (χ1) is 16.8. The third-order valence-electron chi connectivity index (χ3n) is 6.96. The fourth-order valence-corrected chi connectivity index (χ4v) is 5.17. The lowest BCUT2D eigenvalue weighted by Gasteiger charge is -2.46. The largest absolute Gasteiger partial charge is 0.511 e. The van der Waals surface area contributed by atoms with Gasteiger partial charge >= 0.3 is 11.9 Å². The molecule has 0 unspecified atom stereocenters. The number of aliphatic hydroxyl groups is 1. The van der Waals surface area contributed by atoms with Crippen molar-refractivity contribution in [2.24, 2.45) is 5.92 Å². The lowest BCUT2D eigenvalue weighted by molar-refractivity contribution is -0.150. The van der Waals surface area contributed by atoms with Crippen LogP contribution in [0.4, 0.5) is 0 Å². The van der Waals surface area contributed by atoms with Gasteiger partial charge in [-0.2, -0.15) is 0 Å². The monoisotopic (exact) mass is 479 g/mol. The maximum absolute atomic E-state index is 13.1. The quantitative estimate of drug-likeness (QED) is 0.617. The predicted octanol–water partition coefficient (Wildman–Crippen LogP) is 4.35. The minimum absolute atomic E-state index is 0.0492. The number of esters is 2. The third kappa shape index (κ3) is 4.97. The van der Waals surface area contributed by atoms with Crippen molar-refractivity contribution in [1.82, 2.24) is 4.90 Å². The summed E-state index contributed by atoms with van der Waals surface area (Å²) in [6.45, 7) is 5.13. The molecule has 1 saturated heterocycles. The maximum Gasteiger partial charge on any atom is 0.339 e. The summed E-state index contributed by atoms with van der Waals surface area (Å²) in [5.41, 5.74) is 3.87. The lowest BCUT2D eigenvalue weighted by atomic mass is 9.78. The van der Waals surface area contributed by atoms with Gasteiger partial charge in [0, 0.05) is 13.2 Å². The van der Waals surface area contributed by atoms with Gasteiger partial charge in [-0.15, -0.1) is 0 Å². The summed E-state index contributed by atoms with van der Waals surface area (Å²) in [5.74, 6) is -2.71. The Hall–Kier alpha value is -3.16. The van der Waals surface area contributed by atoms with Crippen LogP contribution in [0.1, 0.15) is 47.2 Å². The van der Waals surface area contributed by atoms with Gasteiger partial charge in [0.1, 0.15) is 11.7 Å². The number of carbonyl (C=O) groups is 2. The molecule has 7 nitrogen and oxygen atoms in total. The third-order valence-corrected chi connectivity index (χ3v) is 6.96. The molecule has 2 aromatic rings. The molecule has 7 heteroatoms. The molecule has 1 N–H and O–H groups in total. The van der Waals surface area contributed by atoms with E-state index in [1.54, 1.807) is 0 Å². The summed E-state index contributed by atoms with van der Waals surface area (Å²) in [4.78, 5) is 28.3. The molecule has 0 aromatic heterocycles. The van der Waals surface area contributed by atoms with Crippen LogP contribution in [0.3, 0.4) is 0 Å². The molecule has 4 rings (SSSR count). The number of benzene rings is 2. The van der Waals surface area contributed by atoms with E-state index in [1.807, 2.05) is 62.4 Å². The minimum atomic E-state index is -1.10. The van der Waals surface area contributed by atoms with Gasteiger partial charge in [0.25, 0.3) is 0 Å². The van der Waals surface area contributed by atoms with Crippen LogP contribution in [-0.4, -0.2) is 55.4 Å². The zero-order valence-corrected chi connectivity index (χ0v) is 20.7. The second-order valence-corrected chi connectivity index (χ2v) is 9.29. The molecular weight excluding hydrogens is 446 g/mol. The highest BCUT2D eigenvalue weighted by molar-refractivity contribution is 5.93. The van der Waals surface area contributed by atoms with E-state index < -0.39 is 29.9 Å². The molecule has 0 saturated carbocycles. The van der Waals surface area contributed by atoms with E-state index in [0.717, 1.165) is 35.1 Å². The van der Waals surface area contributed by atoms with Crippen LogP contribution in [0.15, 0.2) is 59.9 Å². The van der Waals surface area contributed by atoms with Crippen LogP contribution >= 0.6 is 0 Å². The number of nitrogens with zero attached hydrogens (tertiary/aromatic N) is 1. The fraction of sp³-hybridized carbons (Fsp3) is 0.429. The van der Waals surface area contributed by atoms with Gasteiger partial charge in [-0.05, 0) is 37.8 Å². The summed E-state index contributed by atoms with van der Waals surface area (Å²) in [5, 5.41) is 11.5. The van der Waals surface area contributed by atoms with Crippen LogP contribution in [0.5, 0.6) is 0 Å². The van der Waals surface area contributed by atoms with Crippen molar-refractivity contribution < 1.29 is 28.9 Å². The van der Waals surface area contributed by atoms with Crippen LogP contribution in [0, 0.1) is 19.8 Å². The van der Waals surface area contributed by atoms with Crippen molar-refractivity contribution in [3.63, 3.8) is 0 Å². The van der Waals surface area contributed by atoms with Gasteiger partial charge in [-0.1, -0.05) is 59.7 Å². The summed E-state index contributed by atoms with van der Waals surface area (Å²) < 4.78 is 16.2. The summed E-state index contributed by atoms with van der Waals surface area (Å²) in [6, 6.07) is 14.5. The molecule has 0 amide bonds. The van der Waals surface area contributed by atoms with Crippen LogP contribution in [0.25, 0.3) is 0 Å². The van der Waals surface area contributed by atoms with E-state index in [4.69, 9.17) is 14.2 Å². The van der Waals surface area contributed by atoms with Crippen LogP contribution in [-0.2, 0) is 23.8 Å². The molecule has 0 aliphatic carbocycles. The average Bonchev–Trinajstić information content (AvgIpc) is 3.38. The summed E-state index contributed by atoms with van der Waals surface area (Å²) in [6.07, 6.45) is 1.77. The maximum atomic E-state index is 13.1. The van der Waals surface area contributed by atoms with Crippen molar-refractivity contribution in [2.75, 3.05) is 27.4 Å². The molecule has 2 aliphatic rings. The standard InChI is InChI=1S/C28H33NO6/c1-17-7-11-19(12-8-17)24-22(27(31)33-3)26(30)23(28(32)34-4)25(20-13-9-18(2)10-14-20)29(24)16-21-6-5-15-35-21/h7-14,21-22,24-25,30H,5-6,15-16H2,1-4H3/t21-,22+,24-,25+/m0/s1. The zero-order chi connectivity index (χ0) is 25.1. The summed E-state index contributed by atoms with van der Waals surface area (Å²) in [7, 11) is 2.56. The van der Waals surface area contributed by atoms with Gasteiger partial charge in [-0.3, -0.25) is 9.69 Å². The van der Waals surface area contributed by atoms with E-state index in [0.29, 0.717) is 13.2 Å². The number of hydrogen-bond acceptors (Lipinski definition) is 7. The second kappa shape index (κ2) is 10.6. The van der Waals surface area contributed by atoms with Crippen molar-refractivity contribution in [3.8, 4) is 0 Å². The van der Waals surface area contributed by atoms with Crippen molar-refractivity contribution >= 4 is 11.9 Å². The van der Waals surface area contributed by atoms with E-state index in [1.165, 1.54) is 14.2 Å². The van der Waals surface area contributed by atoms with Crippen molar-refractivity contribution in [3.05, 3.63) is 82.1 Å². The topological polar surface area (TPSA) is 85.3 Å². The van der Waals surface area contributed by atoms with E-state index in [9.17, 15) is 14.7 Å². The molecule has 2 aromatic carbocycles. The normalized spacial score (nSPS) is 24.9. The molecule has 35 heavy (non-hydrogen) atoms. The lowest BCUT2D eigenvalue weighted by Crippen LogP contribution is -2.49. The molecule has 0 radical (unpaired) electrons. The average molecular weight is 480 g/mol. The first kappa shape index (κ1) is 24.9. The number of rotatable bonds is 6. The number of carbonyl (C=O) groups excluding carboxylic acids is 2. The molecule has 4 atom stereocenters. The van der Waals surface area contributed by atoms with Gasteiger partial charge in [0.2, 0.25) is 0 Å². The Kier molecular flexibility index (Phi) is 7.57. The van der Waals surface area contributed by atoms with E-state index >= 15 is 0 Å². The highest BCUT2D eigenvalue weighted by atomic mass is 16.5. The minimum Gasteiger partial charge on any atom is -0.511 e. The second-order valence-electron chi connectivity index (χ2n) is 9.29. The van der Waals surface area contributed by atoms with Gasteiger partial charge in [0.15, 0.2) is 0 Å². The smallest absolute Gasteiger partial charge is 0.339 e. The Morgan fingerprint density at radius 2 is 1.57 bits per heavy atom. The number of aliphatic hydroxyl groups excluding tert-OH is 1. The number of methoxy groups -OCH3 is 2. The molecular formula is C28H33NO6. The Morgan fingerprint density at radius 3 is 2.09 bits per heavy atom. The fourth-order valence-electron chi connectivity index (χ4n) is 5.17. The Balaban J connectivity index is 1.97. The number of ether oxygens (including phenoxy) is 3. The molecule has 2 heterocycles. The first-order valence-corrected chi connectivity index (χ1v) is 11.9. The van der Waals surface area contributed by atoms with Crippen LogP contribution in [0.2, 0.25) is 0 Å². The first-order valence-electron chi connectivity index (χ1n) is 11.9. The Labute approximate surface area is 206 Å². The van der Waals surface area contributed by atoms with E-state index in [-0.39, 0.29) is 17.4 Å². The number of hydrogen-bond donors (Lipinski definition) is 1. The van der Waals surface area contributed by atoms with Gasteiger partial charge < -0.3 is 19.3 Å².